The molecule has 1 aliphatic rings. The molecule has 2 N–H and O–H groups in total. The van der Waals surface area contributed by atoms with Crippen molar-refractivity contribution in [3.05, 3.63) is 65.7 Å². The number of carboxylic acids is 1. The van der Waals surface area contributed by atoms with Crippen LogP contribution in [0.5, 0.6) is 5.75 Å². The molecule has 0 bridgehead atoms. The number of carbonyl (C=O) groups excluding carboxylic acids is 1. The smallest absolute Gasteiger partial charge is 0.326 e. The summed E-state index contributed by atoms with van der Waals surface area (Å²) in [6.45, 7) is 5.89. The third-order valence-electron chi connectivity index (χ3n) is 6.90. The summed E-state index contributed by atoms with van der Waals surface area (Å²) < 4.78 is 0. The molecule has 0 aliphatic carbocycles. The van der Waals surface area contributed by atoms with Gasteiger partial charge < -0.3 is 15.1 Å². The molecule has 2 aromatic rings. The Morgan fingerprint density at radius 1 is 1.12 bits per heavy atom. The van der Waals surface area contributed by atoms with Crippen LogP contribution in [0.15, 0.2) is 54.6 Å². The number of carboxylic acid groups (broad SMARTS) is 1. The van der Waals surface area contributed by atoms with E-state index < -0.39 is 12.0 Å². The van der Waals surface area contributed by atoms with Crippen LogP contribution in [0.2, 0.25) is 0 Å². The molecule has 0 radical (unpaired) electrons. The zero-order valence-electron chi connectivity index (χ0n) is 19.1. The number of likely N-dealkylation sites (tertiary alicyclic amines) is 1. The Bertz CT molecular complexity index is 917. The summed E-state index contributed by atoms with van der Waals surface area (Å²) in [6.07, 6.45) is 1.58. The number of piperidine rings is 1. The van der Waals surface area contributed by atoms with Crippen LogP contribution in [0.4, 0.5) is 0 Å². The van der Waals surface area contributed by atoms with Crippen molar-refractivity contribution in [3.63, 3.8) is 0 Å². The van der Waals surface area contributed by atoms with Gasteiger partial charge in [0.15, 0.2) is 0 Å². The second kappa shape index (κ2) is 10.6. The number of benzene rings is 2. The molecule has 172 valence electrons. The predicted octanol–water partition coefficient (Wildman–Crippen LogP) is 3.96. The fourth-order valence-corrected chi connectivity index (χ4v) is 4.71. The van der Waals surface area contributed by atoms with Crippen molar-refractivity contribution in [2.24, 2.45) is 11.8 Å². The summed E-state index contributed by atoms with van der Waals surface area (Å²) in [5.74, 6) is -0.00612. The molecule has 6 nitrogen and oxygen atoms in total. The SMILES string of the molecule is C[C@@H]1CCN(CCC(=O)N(C)[C@@H](Cc2ccccc2)C(=O)O)C(c2cccc(O)c2)[C@@H]1C. The highest BCUT2D eigenvalue weighted by Crippen LogP contribution is 2.39. The Kier molecular flexibility index (Phi) is 7.91. The highest BCUT2D eigenvalue weighted by molar-refractivity contribution is 5.83. The van der Waals surface area contributed by atoms with Gasteiger partial charge in [-0.3, -0.25) is 9.69 Å². The van der Waals surface area contributed by atoms with Crippen molar-refractivity contribution in [1.29, 1.82) is 0 Å². The molecular weight excluding hydrogens is 404 g/mol. The molecule has 6 heteroatoms. The first-order valence-electron chi connectivity index (χ1n) is 11.3. The van der Waals surface area contributed by atoms with Gasteiger partial charge in [-0.25, -0.2) is 4.79 Å². The van der Waals surface area contributed by atoms with E-state index in [0.29, 0.717) is 18.4 Å². The maximum atomic E-state index is 13.0. The molecule has 0 aromatic heterocycles. The zero-order valence-corrected chi connectivity index (χ0v) is 19.1. The van der Waals surface area contributed by atoms with Gasteiger partial charge in [0.2, 0.25) is 5.91 Å². The van der Waals surface area contributed by atoms with Crippen molar-refractivity contribution in [2.75, 3.05) is 20.1 Å². The quantitative estimate of drug-likeness (QED) is 0.652. The molecule has 0 saturated carbocycles. The average Bonchev–Trinajstić information content (AvgIpc) is 2.78. The van der Waals surface area contributed by atoms with Crippen molar-refractivity contribution in [1.82, 2.24) is 9.80 Å². The van der Waals surface area contributed by atoms with Gasteiger partial charge in [0.05, 0.1) is 0 Å². The van der Waals surface area contributed by atoms with E-state index in [1.54, 1.807) is 19.2 Å². The lowest BCUT2D eigenvalue weighted by Gasteiger charge is -2.44. The van der Waals surface area contributed by atoms with Gasteiger partial charge in [-0.05, 0) is 48.1 Å². The number of likely N-dealkylation sites (N-methyl/N-ethyl adjacent to an activating group) is 1. The lowest BCUT2D eigenvalue weighted by atomic mass is 9.79. The summed E-state index contributed by atoms with van der Waals surface area (Å²) in [4.78, 5) is 28.5. The maximum Gasteiger partial charge on any atom is 0.326 e. The molecular formula is C26H34N2O4. The Morgan fingerprint density at radius 3 is 2.50 bits per heavy atom. The molecule has 1 unspecified atom stereocenters. The van der Waals surface area contributed by atoms with Crippen LogP contribution in [0.25, 0.3) is 0 Å². The summed E-state index contributed by atoms with van der Waals surface area (Å²) >= 11 is 0. The molecule has 0 spiro atoms. The third kappa shape index (κ3) is 5.68. The molecule has 2 aromatic carbocycles. The summed E-state index contributed by atoms with van der Waals surface area (Å²) in [5.41, 5.74) is 1.94. The lowest BCUT2D eigenvalue weighted by Crippen LogP contribution is -2.46. The highest BCUT2D eigenvalue weighted by Gasteiger charge is 2.35. The molecule has 1 fully saturated rings. The van der Waals surface area contributed by atoms with Crippen LogP contribution in [-0.4, -0.2) is 58.1 Å². The molecule has 4 atom stereocenters. The Balaban J connectivity index is 1.68. The average molecular weight is 439 g/mol. The number of phenols is 1. The minimum absolute atomic E-state index is 0.114. The van der Waals surface area contributed by atoms with E-state index in [-0.39, 0.29) is 30.5 Å². The van der Waals surface area contributed by atoms with Gasteiger partial charge in [-0.1, -0.05) is 56.3 Å². The predicted molar refractivity (Wildman–Crippen MR) is 124 cm³/mol. The standard InChI is InChI=1S/C26H34N2O4/c1-18-12-14-28(25(19(18)2)21-10-7-11-22(29)17-21)15-13-24(30)27(3)23(26(31)32)16-20-8-5-4-6-9-20/h4-11,17-19,23,25,29H,12-16H2,1-3H3,(H,31,32)/t18-,19-,23+,25?/m1/s1. The van der Waals surface area contributed by atoms with E-state index in [1.165, 1.54) is 4.90 Å². The maximum absolute atomic E-state index is 13.0. The minimum atomic E-state index is -0.997. The van der Waals surface area contributed by atoms with Crippen LogP contribution < -0.4 is 0 Å². The summed E-state index contributed by atoms with van der Waals surface area (Å²) in [7, 11) is 1.58. The first kappa shape index (κ1) is 23.8. The normalized spacial score (nSPS) is 22.3. The number of nitrogens with zero attached hydrogens (tertiary/aromatic N) is 2. The van der Waals surface area contributed by atoms with Crippen LogP contribution in [0.1, 0.15) is 43.9 Å². The van der Waals surface area contributed by atoms with Gasteiger partial charge in [0.25, 0.3) is 0 Å². The van der Waals surface area contributed by atoms with Crippen LogP contribution in [-0.2, 0) is 16.0 Å². The monoisotopic (exact) mass is 438 g/mol. The highest BCUT2D eigenvalue weighted by atomic mass is 16.4. The molecule has 32 heavy (non-hydrogen) atoms. The summed E-state index contributed by atoms with van der Waals surface area (Å²) in [6, 6.07) is 16.0. The molecule has 1 amide bonds. The van der Waals surface area contributed by atoms with Gasteiger partial charge >= 0.3 is 5.97 Å². The number of amides is 1. The van der Waals surface area contributed by atoms with Crippen LogP contribution >= 0.6 is 0 Å². The van der Waals surface area contributed by atoms with Gasteiger partial charge in [0, 0.05) is 32.5 Å². The minimum Gasteiger partial charge on any atom is -0.508 e. The van der Waals surface area contributed by atoms with E-state index in [0.717, 1.165) is 24.1 Å². The Hall–Kier alpha value is -2.86. The van der Waals surface area contributed by atoms with Gasteiger partial charge in [-0.2, -0.15) is 0 Å². The molecule has 1 heterocycles. The van der Waals surface area contributed by atoms with Crippen LogP contribution in [0, 0.1) is 11.8 Å². The zero-order chi connectivity index (χ0) is 23.3. The first-order valence-corrected chi connectivity index (χ1v) is 11.3. The van der Waals surface area contributed by atoms with Crippen molar-refractivity contribution < 1.29 is 19.8 Å². The number of phenolic OH excluding ortho intramolecular Hbond substituents is 1. The number of carbonyl (C=O) groups is 2. The fourth-order valence-electron chi connectivity index (χ4n) is 4.71. The van der Waals surface area contributed by atoms with Crippen molar-refractivity contribution in [2.45, 2.75) is 45.2 Å². The second-order valence-corrected chi connectivity index (χ2v) is 9.00. The number of hydrogen-bond acceptors (Lipinski definition) is 4. The number of aromatic hydroxyl groups is 1. The molecule has 3 rings (SSSR count). The number of rotatable bonds is 8. The van der Waals surface area contributed by atoms with E-state index in [9.17, 15) is 19.8 Å². The van der Waals surface area contributed by atoms with E-state index in [1.807, 2.05) is 42.5 Å². The van der Waals surface area contributed by atoms with Gasteiger partial charge in [0.1, 0.15) is 11.8 Å². The number of hydrogen-bond donors (Lipinski definition) is 2. The molecule has 1 aliphatic heterocycles. The Labute approximate surface area is 190 Å². The first-order chi connectivity index (χ1) is 15.3. The van der Waals surface area contributed by atoms with E-state index in [2.05, 4.69) is 18.7 Å². The molecule has 1 saturated heterocycles. The number of aliphatic carboxylic acids is 1. The third-order valence-corrected chi connectivity index (χ3v) is 6.90. The van der Waals surface area contributed by atoms with Crippen LogP contribution in [0.3, 0.4) is 0 Å². The van der Waals surface area contributed by atoms with E-state index >= 15 is 0 Å². The van der Waals surface area contributed by atoms with Gasteiger partial charge in [-0.15, -0.1) is 0 Å². The van der Waals surface area contributed by atoms with Crippen molar-refractivity contribution >= 4 is 11.9 Å². The lowest BCUT2D eigenvalue weighted by molar-refractivity contribution is -0.149. The second-order valence-electron chi connectivity index (χ2n) is 9.00. The van der Waals surface area contributed by atoms with E-state index in [4.69, 9.17) is 0 Å². The fraction of sp³-hybridized carbons (Fsp3) is 0.462. The topological polar surface area (TPSA) is 81.1 Å². The largest absolute Gasteiger partial charge is 0.508 e. The van der Waals surface area contributed by atoms with Crippen molar-refractivity contribution in [3.8, 4) is 5.75 Å². The Morgan fingerprint density at radius 2 is 1.84 bits per heavy atom. The summed E-state index contributed by atoms with van der Waals surface area (Å²) in [5, 5.41) is 19.7.